The lowest BCUT2D eigenvalue weighted by Gasteiger charge is -2.03. The van der Waals surface area contributed by atoms with Crippen molar-refractivity contribution in [2.75, 3.05) is 13.2 Å². The summed E-state index contributed by atoms with van der Waals surface area (Å²) >= 11 is 0. The average molecular weight is 202 g/mol. The molecule has 0 saturated carbocycles. The zero-order valence-electron chi connectivity index (χ0n) is 9.69. The van der Waals surface area contributed by atoms with E-state index in [4.69, 9.17) is 0 Å². The maximum atomic E-state index is 4.23. The van der Waals surface area contributed by atoms with Gasteiger partial charge in [-0.05, 0) is 5.56 Å². The van der Waals surface area contributed by atoms with Gasteiger partial charge in [0.2, 0.25) is 0 Å². The summed E-state index contributed by atoms with van der Waals surface area (Å²) in [5.41, 5.74) is 2.43. The first-order chi connectivity index (χ1) is 7.45. The van der Waals surface area contributed by atoms with Crippen LogP contribution in [0, 0.1) is 0 Å². The molecule has 15 heavy (non-hydrogen) atoms. The van der Waals surface area contributed by atoms with Crippen molar-refractivity contribution in [3.8, 4) is 0 Å². The molecule has 0 aliphatic carbocycles. The van der Waals surface area contributed by atoms with Gasteiger partial charge in [-0.1, -0.05) is 30.3 Å². The number of rotatable bonds is 5. The zero-order valence-corrected chi connectivity index (χ0v) is 8.69. The second-order valence-corrected chi connectivity index (χ2v) is 3.51. The lowest BCUT2D eigenvalue weighted by atomic mass is 10.2. The fourth-order valence-corrected chi connectivity index (χ4v) is 1.51. The van der Waals surface area contributed by atoms with E-state index in [9.17, 15) is 0 Å². The summed E-state index contributed by atoms with van der Waals surface area (Å²) in [6.45, 7) is 2.50. The topological polar surface area (TPSA) is 36.8 Å². The van der Waals surface area contributed by atoms with Crippen LogP contribution in [0.1, 0.15) is 13.4 Å². The van der Waals surface area contributed by atoms with Crippen LogP contribution in [-0.4, -0.2) is 25.1 Å². The molecule has 3 heteroatoms. The number of nitrogens with zero attached hydrogens (tertiary/aromatic N) is 2. The lowest BCUT2D eigenvalue weighted by Crippen LogP contribution is -2.17. The molecule has 2 rings (SSSR count). The summed E-state index contributed by atoms with van der Waals surface area (Å²) in [7, 11) is 0. The van der Waals surface area contributed by atoms with Gasteiger partial charge in [-0.2, -0.15) is 0 Å². The average Bonchev–Trinajstić information content (AvgIpc) is 2.79. The number of nitrogens with one attached hydrogen (secondary N) is 1. The quantitative estimate of drug-likeness (QED) is 0.726. The molecular formula is C12H16N3+. The predicted octanol–water partition coefficient (Wildman–Crippen LogP) is 1.76. The van der Waals surface area contributed by atoms with Gasteiger partial charge in [0.15, 0.2) is 0 Å². The van der Waals surface area contributed by atoms with E-state index < -0.39 is 0 Å². The van der Waals surface area contributed by atoms with Crippen LogP contribution in [0.25, 0.3) is 0 Å². The van der Waals surface area contributed by atoms with Crippen molar-refractivity contribution in [1.29, 1.82) is 0 Å². The largest absolute Gasteiger partial charge is 1.00 e. The molecule has 0 bridgehead atoms. The van der Waals surface area contributed by atoms with E-state index in [1.54, 1.807) is 0 Å². The van der Waals surface area contributed by atoms with E-state index in [1.807, 2.05) is 12.3 Å². The highest BCUT2D eigenvalue weighted by Crippen LogP contribution is 1.97. The van der Waals surface area contributed by atoms with Gasteiger partial charge in [-0.3, -0.25) is 9.98 Å². The zero-order chi connectivity index (χ0) is 10.3. The van der Waals surface area contributed by atoms with Crippen molar-refractivity contribution in [1.82, 2.24) is 5.32 Å². The molecule has 1 heterocycles. The highest BCUT2D eigenvalue weighted by molar-refractivity contribution is 6.31. The molecule has 0 aromatic heterocycles. The molecule has 1 aromatic rings. The Morgan fingerprint density at radius 3 is 2.87 bits per heavy atom. The Labute approximate surface area is 91.4 Å². The molecule has 0 fully saturated rings. The second-order valence-electron chi connectivity index (χ2n) is 3.51. The maximum Gasteiger partial charge on any atom is 1.00 e. The number of hydrogen-bond acceptors (Lipinski definition) is 3. The number of benzene rings is 1. The third-order valence-electron chi connectivity index (χ3n) is 2.33. The van der Waals surface area contributed by atoms with Gasteiger partial charge in [0.25, 0.3) is 0 Å². The minimum atomic E-state index is 0. The lowest BCUT2D eigenvalue weighted by molar-refractivity contribution is 0.706. The molecule has 1 aliphatic rings. The highest BCUT2D eigenvalue weighted by atomic mass is 15.0. The Morgan fingerprint density at radius 2 is 2.13 bits per heavy atom. The van der Waals surface area contributed by atoms with Gasteiger partial charge in [0.1, 0.15) is 6.67 Å². The third kappa shape index (κ3) is 3.29. The van der Waals surface area contributed by atoms with E-state index in [1.165, 1.54) is 5.56 Å². The molecule has 0 radical (unpaired) electrons. The smallest absolute Gasteiger partial charge is 0.312 e. The Hall–Kier alpha value is -1.48. The van der Waals surface area contributed by atoms with E-state index in [0.29, 0.717) is 6.67 Å². The third-order valence-corrected chi connectivity index (χ3v) is 2.33. The summed E-state index contributed by atoms with van der Waals surface area (Å²) in [6, 6.07) is 10.4. The SMILES string of the molecule is C1=NCN=C1CCNCc1ccccc1.[H+]. The van der Waals surface area contributed by atoms with E-state index in [2.05, 4.69) is 39.6 Å². The van der Waals surface area contributed by atoms with Crippen LogP contribution in [-0.2, 0) is 6.54 Å². The first kappa shape index (κ1) is 10.1. The Morgan fingerprint density at radius 1 is 1.27 bits per heavy atom. The van der Waals surface area contributed by atoms with Crippen LogP contribution < -0.4 is 5.32 Å². The van der Waals surface area contributed by atoms with Gasteiger partial charge in [-0.25, -0.2) is 0 Å². The normalized spacial score (nSPS) is 14.3. The molecule has 1 aliphatic heterocycles. The molecule has 0 amide bonds. The molecule has 0 unspecified atom stereocenters. The fraction of sp³-hybridized carbons (Fsp3) is 0.333. The molecule has 1 aromatic carbocycles. The van der Waals surface area contributed by atoms with Gasteiger partial charge >= 0.3 is 1.43 Å². The minimum absolute atomic E-state index is 0. The number of aliphatic imine (C=N–C) groups is 2. The van der Waals surface area contributed by atoms with Crippen molar-refractivity contribution < 1.29 is 1.43 Å². The summed E-state index contributed by atoms with van der Waals surface area (Å²) < 4.78 is 0. The molecule has 1 N–H and O–H groups in total. The first-order valence-electron chi connectivity index (χ1n) is 5.23. The van der Waals surface area contributed by atoms with Crippen LogP contribution in [0.5, 0.6) is 0 Å². The summed E-state index contributed by atoms with van der Waals surface area (Å²) in [6.07, 6.45) is 2.83. The Bertz CT molecular complexity index is 360. The van der Waals surface area contributed by atoms with Gasteiger partial charge in [0, 0.05) is 25.7 Å². The van der Waals surface area contributed by atoms with Crippen molar-refractivity contribution in [2.24, 2.45) is 9.98 Å². The van der Waals surface area contributed by atoms with Crippen LogP contribution in [0.2, 0.25) is 0 Å². The molecule has 0 atom stereocenters. The van der Waals surface area contributed by atoms with Gasteiger partial charge in [-0.15, -0.1) is 0 Å². The van der Waals surface area contributed by atoms with Crippen molar-refractivity contribution in [3.63, 3.8) is 0 Å². The molecular weight excluding hydrogens is 186 g/mol. The summed E-state index contributed by atoms with van der Waals surface area (Å²) in [5, 5.41) is 3.39. The Kier molecular flexibility index (Phi) is 3.63. The van der Waals surface area contributed by atoms with E-state index >= 15 is 0 Å². The first-order valence-corrected chi connectivity index (χ1v) is 5.23. The van der Waals surface area contributed by atoms with Gasteiger partial charge < -0.3 is 5.32 Å². The summed E-state index contributed by atoms with van der Waals surface area (Å²) in [5.74, 6) is 0. The van der Waals surface area contributed by atoms with Crippen LogP contribution in [0.3, 0.4) is 0 Å². The molecule has 0 saturated heterocycles. The van der Waals surface area contributed by atoms with E-state index in [-0.39, 0.29) is 1.43 Å². The van der Waals surface area contributed by atoms with Crippen molar-refractivity contribution in [3.05, 3.63) is 35.9 Å². The Balaban J connectivity index is 0.00000128. The van der Waals surface area contributed by atoms with E-state index in [0.717, 1.165) is 25.2 Å². The highest BCUT2D eigenvalue weighted by Gasteiger charge is 1.99. The van der Waals surface area contributed by atoms with Crippen LogP contribution >= 0.6 is 0 Å². The second kappa shape index (κ2) is 5.41. The van der Waals surface area contributed by atoms with Crippen LogP contribution in [0.4, 0.5) is 0 Å². The summed E-state index contributed by atoms with van der Waals surface area (Å²) in [4.78, 5) is 8.28. The van der Waals surface area contributed by atoms with Gasteiger partial charge in [0.05, 0.1) is 5.71 Å². The molecule has 0 spiro atoms. The van der Waals surface area contributed by atoms with Crippen molar-refractivity contribution in [2.45, 2.75) is 13.0 Å². The monoisotopic (exact) mass is 202 g/mol. The predicted molar refractivity (Wildman–Crippen MR) is 64.7 cm³/mol. The molecule has 78 valence electrons. The van der Waals surface area contributed by atoms with Crippen LogP contribution in [0.15, 0.2) is 40.3 Å². The number of hydrogen-bond donors (Lipinski definition) is 1. The van der Waals surface area contributed by atoms with Crippen molar-refractivity contribution >= 4 is 11.9 Å². The standard InChI is InChI=1S/C12H15N3/c1-2-4-11(5-3-1)8-13-7-6-12-9-14-10-15-12/h1-5,9,13H,6-8,10H2/p+1. The molecule has 3 nitrogen and oxygen atoms in total. The fourth-order valence-electron chi connectivity index (χ4n) is 1.51. The maximum absolute atomic E-state index is 4.23. The minimum Gasteiger partial charge on any atom is -0.312 e.